The lowest BCUT2D eigenvalue weighted by atomic mass is 9.80. The Kier molecular flexibility index (Phi) is 5.95. The van der Waals surface area contributed by atoms with Gasteiger partial charge in [0.15, 0.2) is 23.1 Å². The van der Waals surface area contributed by atoms with Crippen LogP contribution in [0.3, 0.4) is 0 Å². The summed E-state index contributed by atoms with van der Waals surface area (Å²) in [5.41, 5.74) is 2.67. The van der Waals surface area contributed by atoms with E-state index in [-0.39, 0.29) is 34.9 Å². The molecule has 0 bridgehead atoms. The molecule has 0 unspecified atom stereocenters. The first kappa shape index (κ1) is 21.3. The topological polar surface area (TPSA) is 85.5 Å². The zero-order valence-electron chi connectivity index (χ0n) is 17.5. The first-order valence-corrected chi connectivity index (χ1v) is 10.1. The van der Waals surface area contributed by atoms with E-state index >= 15 is 0 Å². The zero-order chi connectivity index (χ0) is 22.1. The lowest BCUT2D eigenvalue weighted by Gasteiger charge is -2.25. The number of rotatable bonds is 6. The van der Waals surface area contributed by atoms with Gasteiger partial charge in [-0.25, -0.2) is 8.78 Å². The number of H-pyrrole nitrogens is 1. The number of benzene rings is 1. The van der Waals surface area contributed by atoms with E-state index in [2.05, 4.69) is 22.1 Å². The van der Waals surface area contributed by atoms with Gasteiger partial charge in [0.25, 0.3) is 0 Å². The summed E-state index contributed by atoms with van der Waals surface area (Å²) >= 11 is 0. The summed E-state index contributed by atoms with van der Waals surface area (Å²) in [6, 6.07) is 1.03. The molecular formula is C22H25F2N3O4. The lowest BCUT2D eigenvalue weighted by molar-refractivity contribution is -0.117. The van der Waals surface area contributed by atoms with Gasteiger partial charge in [0.2, 0.25) is 5.91 Å². The van der Waals surface area contributed by atoms with Crippen LogP contribution in [0.4, 0.5) is 8.78 Å². The summed E-state index contributed by atoms with van der Waals surface area (Å²) in [5.74, 6) is -2.24. The van der Waals surface area contributed by atoms with Gasteiger partial charge in [0.1, 0.15) is 0 Å². The number of carbonyl (C=O) groups is 1. The minimum absolute atomic E-state index is 0.0354. The van der Waals surface area contributed by atoms with Gasteiger partial charge in [-0.15, -0.1) is 0 Å². The highest BCUT2D eigenvalue weighted by molar-refractivity contribution is 5.87. The fraction of sp³-hybridized carbons (Fsp3) is 0.455. The molecule has 1 aliphatic heterocycles. The number of aromatic nitrogens is 2. The Morgan fingerprint density at radius 3 is 2.65 bits per heavy atom. The summed E-state index contributed by atoms with van der Waals surface area (Å²) in [7, 11) is 2.67. The second kappa shape index (κ2) is 8.66. The Balaban J connectivity index is 1.61. The zero-order valence-corrected chi connectivity index (χ0v) is 17.5. The third-order valence-electron chi connectivity index (χ3n) is 6.15. The van der Waals surface area contributed by atoms with E-state index < -0.39 is 17.6 Å². The highest BCUT2D eigenvalue weighted by atomic mass is 19.1. The predicted octanol–water partition coefficient (Wildman–Crippen LogP) is 2.76. The van der Waals surface area contributed by atoms with Gasteiger partial charge in [-0.3, -0.25) is 9.89 Å². The quantitative estimate of drug-likeness (QED) is 0.685. The number of carbonyl (C=O) groups excluding carboxylic acids is 1. The maximum atomic E-state index is 15.0. The Morgan fingerprint density at radius 2 is 2.00 bits per heavy atom. The normalized spacial score (nSPS) is 22.6. The number of methoxy groups -OCH3 is 2. The van der Waals surface area contributed by atoms with E-state index in [9.17, 15) is 13.6 Å². The van der Waals surface area contributed by atoms with Crippen molar-refractivity contribution in [2.24, 2.45) is 0 Å². The summed E-state index contributed by atoms with van der Waals surface area (Å²) in [4.78, 5) is 11.7. The maximum absolute atomic E-state index is 15.0. The molecule has 1 saturated heterocycles. The molecule has 7 nitrogen and oxygen atoms in total. The molecule has 0 saturated carbocycles. The molecule has 0 spiro atoms. The molecule has 4 rings (SSSR count). The summed E-state index contributed by atoms with van der Waals surface area (Å²) in [6.07, 6.45) is 2.75. The van der Waals surface area contributed by atoms with Gasteiger partial charge in [-0.1, -0.05) is 6.58 Å². The predicted molar refractivity (Wildman–Crippen MR) is 109 cm³/mol. The average Bonchev–Trinajstić information content (AvgIpc) is 3.40. The van der Waals surface area contributed by atoms with Crippen molar-refractivity contribution in [3.05, 3.63) is 52.9 Å². The number of amides is 1. The largest absolute Gasteiger partial charge is 0.494 e. The van der Waals surface area contributed by atoms with Crippen LogP contribution >= 0.6 is 0 Å². The molecule has 31 heavy (non-hydrogen) atoms. The number of nitrogens with zero attached hydrogens (tertiary/aromatic N) is 1. The molecular weight excluding hydrogens is 408 g/mol. The van der Waals surface area contributed by atoms with Gasteiger partial charge in [-0.05, 0) is 36.8 Å². The van der Waals surface area contributed by atoms with Crippen LogP contribution in [-0.2, 0) is 22.4 Å². The molecule has 2 N–H and O–H groups in total. The number of fused-ring (bicyclic) bond motifs is 1. The number of ether oxygens (including phenoxy) is 3. The highest BCUT2D eigenvalue weighted by Gasteiger charge is 2.37. The number of nitrogens with one attached hydrogen (secondary N) is 2. The van der Waals surface area contributed by atoms with Crippen LogP contribution in [0.15, 0.2) is 18.7 Å². The number of hydrogen-bond donors (Lipinski definition) is 2. The Morgan fingerprint density at radius 1 is 1.29 bits per heavy atom. The van der Waals surface area contributed by atoms with Gasteiger partial charge in [0, 0.05) is 23.2 Å². The van der Waals surface area contributed by atoms with Crippen molar-refractivity contribution in [1.29, 1.82) is 0 Å². The molecule has 1 fully saturated rings. The van der Waals surface area contributed by atoms with Crippen LogP contribution in [0.5, 0.6) is 11.5 Å². The molecule has 1 aromatic carbocycles. The van der Waals surface area contributed by atoms with Crippen molar-refractivity contribution in [3.63, 3.8) is 0 Å². The van der Waals surface area contributed by atoms with Crippen molar-refractivity contribution in [3.8, 4) is 11.5 Å². The molecule has 2 heterocycles. The molecule has 0 radical (unpaired) electrons. The van der Waals surface area contributed by atoms with Gasteiger partial charge in [0.05, 0.1) is 39.2 Å². The standard InChI is InChI=1S/C22H25F2N3O4/c1-4-18(28)25-15-10-31-9-13(15)22-12-6-5-11(7-14(12)26-27-22)19-20(23)16(29-2)8-17(30-3)21(19)24/h4,8,11,13,15H,1,5-7,9-10H2,2-3H3,(H,25,28)(H,26,27)/t11-,13-,15+/m0/s1. The van der Waals surface area contributed by atoms with E-state index in [0.717, 1.165) is 17.0 Å². The van der Waals surface area contributed by atoms with Gasteiger partial charge < -0.3 is 19.5 Å². The fourth-order valence-electron chi connectivity index (χ4n) is 4.56. The SMILES string of the molecule is C=CC(=O)N[C@@H]1COC[C@@H]1c1[nH]nc2c1CC[C@H](c1c(F)c(OC)cc(OC)c1F)C2. The van der Waals surface area contributed by atoms with Crippen LogP contribution < -0.4 is 14.8 Å². The third-order valence-corrected chi connectivity index (χ3v) is 6.15. The van der Waals surface area contributed by atoms with Crippen molar-refractivity contribution >= 4 is 5.91 Å². The maximum Gasteiger partial charge on any atom is 0.243 e. The van der Waals surface area contributed by atoms with Crippen LogP contribution in [0.25, 0.3) is 0 Å². The fourth-order valence-corrected chi connectivity index (χ4v) is 4.56. The van der Waals surface area contributed by atoms with Crippen LogP contribution in [0.2, 0.25) is 0 Å². The van der Waals surface area contributed by atoms with Gasteiger partial charge in [-0.2, -0.15) is 5.10 Å². The third kappa shape index (κ3) is 3.78. The minimum Gasteiger partial charge on any atom is -0.494 e. The molecule has 3 atom stereocenters. The minimum atomic E-state index is -0.707. The molecule has 1 amide bonds. The van der Waals surface area contributed by atoms with Crippen molar-refractivity contribution in [2.75, 3.05) is 27.4 Å². The molecule has 1 aromatic heterocycles. The monoisotopic (exact) mass is 433 g/mol. The molecule has 2 aromatic rings. The number of halogens is 2. The summed E-state index contributed by atoms with van der Waals surface area (Å²) in [6.45, 7) is 4.34. The first-order chi connectivity index (χ1) is 15.0. The van der Waals surface area contributed by atoms with E-state index in [1.165, 1.54) is 26.4 Å². The second-order valence-corrected chi connectivity index (χ2v) is 7.79. The lowest BCUT2D eigenvalue weighted by Crippen LogP contribution is -2.38. The smallest absolute Gasteiger partial charge is 0.243 e. The van der Waals surface area contributed by atoms with E-state index in [1.54, 1.807) is 0 Å². The average molecular weight is 433 g/mol. The highest BCUT2D eigenvalue weighted by Crippen LogP contribution is 2.42. The van der Waals surface area contributed by atoms with E-state index in [1.807, 2.05) is 0 Å². The Bertz CT molecular complexity index is 979. The first-order valence-electron chi connectivity index (χ1n) is 10.1. The van der Waals surface area contributed by atoms with Crippen molar-refractivity contribution in [2.45, 2.75) is 37.1 Å². The Hall–Kier alpha value is -2.94. The molecule has 2 aliphatic rings. The molecule has 166 valence electrons. The number of aromatic amines is 1. The van der Waals surface area contributed by atoms with Crippen molar-refractivity contribution in [1.82, 2.24) is 15.5 Å². The number of hydrogen-bond acceptors (Lipinski definition) is 5. The molecule has 9 heteroatoms. The second-order valence-electron chi connectivity index (χ2n) is 7.79. The van der Waals surface area contributed by atoms with Gasteiger partial charge >= 0.3 is 0 Å². The molecule has 1 aliphatic carbocycles. The van der Waals surface area contributed by atoms with E-state index in [0.29, 0.717) is 32.5 Å². The van der Waals surface area contributed by atoms with Crippen molar-refractivity contribution < 1.29 is 27.8 Å². The van der Waals surface area contributed by atoms with E-state index in [4.69, 9.17) is 14.2 Å². The van der Waals surface area contributed by atoms with Crippen LogP contribution in [0, 0.1) is 11.6 Å². The summed E-state index contributed by atoms with van der Waals surface area (Å²) in [5, 5.41) is 10.4. The van der Waals surface area contributed by atoms with Crippen LogP contribution in [0.1, 0.15) is 40.8 Å². The summed E-state index contributed by atoms with van der Waals surface area (Å²) < 4.78 is 45.6. The van der Waals surface area contributed by atoms with Crippen LogP contribution in [-0.4, -0.2) is 49.6 Å². The Labute approximate surface area is 178 Å².